The lowest BCUT2D eigenvalue weighted by Crippen LogP contribution is -2.13. The molecule has 0 aliphatic rings. The summed E-state index contributed by atoms with van der Waals surface area (Å²) in [5.41, 5.74) is 2.06. The second-order valence-corrected chi connectivity index (χ2v) is 5.62. The molecule has 3 nitrogen and oxygen atoms in total. The highest BCUT2D eigenvalue weighted by Crippen LogP contribution is 2.29. The van der Waals surface area contributed by atoms with Gasteiger partial charge in [0.15, 0.2) is 0 Å². The van der Waals surface area contributed by atoms with E-state index in [1.54, 1.807) is 6.20 Å². The average molecular weight is 305 g/mol. The highest BCUT2D eigenvalue weighted by atomic mass is 35.5. The van der Waals surface area contributed by atoms with Crippen molar-refractivity contribution >= 4 is 17.3 Å². The summed E-state index contributed by atoms with van der Waals surface area (Å²) >= 11 is 6.08. The summed E-state index contributed by atoms with van der Waals surface area (Å²) in [5, 5.41) is 4.25. The van der Waals surface area contributed by atoms with Gasteiger partial charge in [-0.15, -0.1) is 0 Å². The Kier molecular flexibility index (Phi) is 5.45. The average Bonchev–Trinajstić information content (AvgIpc) is 2.45. The fourth-order valence-corrected chi connectivity index (χ4v) is 2.35. The van der Waals surface area contributed by atoms with Crippen molar-refractivity contribution < 1.29 is 4.74 Å². The number of benzene rings is 1. The Balaban J connectivity index is 2.23. The highest BCUT2D eigenvalue weighted by molar-refractivity contribution is 6.30. The van der Waals surface area contributed by atoms with E-state index in [0.29, 0.717) is 5.88 Å². The van der Waals surface area contributed by atoms with Gasteiger partial charge < -0.3 is 10.1 Å². The number of rotatable bonds is 6. The molecule has 2 rings (SSSR count). The van der Waals surface area contributed by atoms with E-state index in [4.69, 9.17) is 16.3 Å². The molecule has 0 aliphatic heterocycles. The zero-order chi connectivity index (χ0) is 15.2. The van der Waals surface area contributed by atoms with Crippen LogP contribution < -0.4 is 10.1 Å². The fraction of sp³-hybridized carbons (Fsp3) is 0.353. The van der Waals surface area contributed by atoms with E-state index in [1.165, 1.54) is 0 Å². The molecule has 0 saturated heterocycles. The largest absolute Gasteiger partial charge is 0.473 e. The van der Waals surface area contributed by atoms with Gasteiger partial charge >= 0.3 is 0 Å². The molecule has 0 fully saturated rings. The Bertz CT molecular complexity index is 587. The second-order valence-electron chi connectivity index (χ2n) is 5.18. The minimum absolute atomic E-state index is 0.0895. The lowest BCUT2D eigenvalue weighted by molar-refractivity contribution is 0.234. The van der Waals surface area contributed by atoms with Crippen LogP contribution in [0.1, 0.15) is 38.8 Å². The van der Waals surface area contributed by atoms with Crippen LogP contribution in [0.15, 0.2) is 42.6 Å². The molecular weight excluding hydrogens is 284 g/mol. The first kappa shape index (κ1) is 15.6. The van der Waals surface area contributed by atoms with E-state index >= 15 is 0 Å². The van der Waals surface area contributed by atoms with Gasteiger partial charge in [-0.1, -0.05) is 30.7 Å². The summed E-state index contributed by atoms with van der Waals surface area (Å²) in [4.78, 5) is 4.31. The predicted molar refractivity (Wildman–Crippen MR) is 88.1 cm³/mol. The summed E-state index contributed by atoms with van der Waals surface area (Å²) in [5.74, 6) is 0.632. The molecule has 1 heterocycles. The van der Waals surface area contributed by atoms with Crippen LogP contribution in [0.25, 0.3) is 0 Å². The first-order chi connectivity index (χ1) is 10.1. The molecule has 4 heteroatoms. The number of halogens is 1. The molecule has 0 bridgehead atoms. The van der Waals surface area contributed by atoms with Gasteiger partial charge in [-0.3, -0.25) is 0 Å². The number of anilines is 1. The van der Waals surface area contributed by atoms with Crippen LogP contribution >= 0.6 is 11.6 Å². The van der Waals surface area contributed by atoms with Crippen molar-refractivity contribution in [1.82, 2.24) is 4.98 Å². The van der Waals surface area contributed by atoms with Crippen molar-refractivity contribution in [3.05, 3.63) is 53.2 Å². The molecule has 1 N–H and O–H groups in total. The molecule has 1 unspecified atom stereocenters. The molecule has 0 radical (unpaired) electrons. The first-order valence-electron chi connectivity index (χ1n) is 7.23. The zero-order valence-electron chi connectivity index (χ0n) is 12.6. The van der Waals surface area contributed by atoms with Crippen LogP contribution in [-0.4, -0.2) is 11.1 Å². The number of hydrogen-bond donors (Lipinski definition) is 1. The second kappa shape index (κ2) is 7.32. The molecule has 112 valence electrons. The van der Waals surface area contributed by atoms with E-state index in [0.717, 1.165) is 22.7 Å². The van der Waals surface area contributed by atoms with Crippen molar-refractivity contribution in [1.29, 1.82) is 0 Å². The van der Waals surface area contributed by atoms with E-state index in [1.807, 2.05) is 44.2 Å². The van der Waals surface area contributed by atoms with Gasteiger partial charge in [0.2, 0.25) is 5.88 Å². The Hall–Kier alpha value is -1.74. The molecule has 2 aromatic rings. The lowest BCUT2D eigenvalue weighted by Gasteiger charge is -2.21. The van der Waals surface area contributed by atoms with Gasteiger partial charge in [-0.25, -0.2) is 4.98 Å². The van der Waals surface area contributed by atoms with Crippen molar-refractivity contribution in [2.75, 3.05) is 5.32 Å². The lowest BCUT2D eigenvalue weighted by atomic mass is 10.0. The van der Waals surface area contributed by atoms with Crippen molar-refractivity contribution in [3.8, 4) is 5.88 Å². The standard InChI is InChI=1S/C17H21ClN2O/c1-4-15(13-7-5-8-14(18)11-13)20-16-9-6-10-19-17(16)21-12(2)3/h5-12,15,20H,4H2,1-3H3. The van der Waals surface area contributed by atoms with Crippen molar-refractivity contribution in [2.45, 2.75) is 39.3 Å². The summed E-state index contributed by atoms with van der Waals surface area (Å²) in [7, 11) is 0. The first-order valence-corrected chi connectivity index (χ1v) is 7.61. The maximum Gasteiger partial charge on any atom is 0.237 e. The van der Waals surface area contributed by atoms with Crippen LogP contribution in [0.4, 0.5) is 5.69 Å². The number of nitrogens with zero attached hydrogens (tertiary/aromatic N) is 1. The van der Waals surface area contributed by atoms with Crippen LogP contribution in [0.5, 0.6) is 5.88 Å². The fourth-order valence-electron chi connectivity index (χ4n) is 2.15. The third-order valence-electron chi connectivity index (χ3n) is 3.11. The normalized spacial score (nSPS) is 12.2. The Labute approximate surface area is 131 Å². The number of nitrogens with one attached hydrogen (secondary N) is 1. The minimum atomic E-state index is 0.0895. The van der Waals surface area contributed by atoms with Gasteiger partial charge in [-0.2, -0.15) is 0 Å². The Morgan fingerprint density at radius 2 is 2.05 bits per heavy atom. The SMILES string of the molecule is CCC(Nc1cccnc1OC(C)C)c1cccc(Cl)c1. The number of aromatic nitrogens is 1. The highest BCUT2D eigenvalue weighted by Gasteiger charge is 2.13. The summed E-state index contributed by atoms with van der Waals surface area (Å²) in [6.07, 6.45) is 2.77. The quantitative estimate of drug-likeness (QED) is 0.807. The smallest absolute Gasteiger partial charge is 0.237 e. The maximum absolute atomic E-state index is 6.08. The third-order valence-corrected chi connectivity index (χ3v) is 3.34. The van der Waals surface area contributed by atoms with Crippen LogP contribution in [0, 0.1) is 0 Å². The molecule has 21 heavy (non-hydrogen) atoms. The number of ether oxygens (including phenoxy) is 1. The van der Waals surface area contributed by atoms with Crippen LogP contribution in [0.2, 0.25) is 5.02 Å². The van der Waals surface area contributed by atoms with E-state index < -0.39 is 0 Å². The van der Waals surface area contributed by atoms with Gasteiger partial charge in [-0.05, 0) is 50.1 Å². The zero-order valence-corrected chi connectivity index (χ0v) is 13.4. The molecule has 1 aromatic heterocycles. The number of hydrogen-bond acceptors (Lipinski definition) is 3. The van der Waals surface area contributed by atoms with E-state index in [-0.39, 0.29) is 12.1 Å². The van der Waals surface area contributed by atoms with E-state index in [2.05, 4.69) is 23.3 Å². The molecule has 0 aliphatic carbocycles. The minimum Gasteiger partial charge on any atom is -0.473 e. The molecule has 1 aromatic carbocycles. The molecule has 0 spiro atoms. The van der Waals surface area contributed by atoms with Gasteiger partial charge in [0.05, 0.1) is 17.8 Å². The predicted octanol–water partition coefficient (Wildman–Crippen LogP) is 5.09. The summed E-state index contributed by atoms with van der Waals surface area (Å²) < 4.78 is 5.75. The Morgan fingerprint density at radius 1 is 1.24 bits per heavy atom. The summed E-state index contributed by atoms with van der Waals surface area (Å²) in [6, 6.07) is 12.0. The molecular formula is C17H21ClN2O. The molecule has 0 amide bonds. The maximum atomic E-state index is 6.08. The van der Waals surface area contributed by atoms with Gasteiger partial charge in [0, 0.05) is 11.2 Å². The summed E-state index contributed by atoms with van der Waals surface area (Å²) in [6.45, 7) is 6.12. The number of pyridine rings is 1. The van der Waals surface area contributed by atoms with Crippen LogP contribution in [-0.2, 0) is 0 Å². The van der Waals surface area contributed by atoms with Crippen molar-refractivity contribution in [2.24, 2.45) is 0 Å². The molecule has 0 saturated carbocycles. The van der Waals surface area contributed by atoms with Crippen LogP contribution in [0.3, 0.4) is 0 Å². The monoisotopic (exact) mass is 304 g/mol. The van der Waals surface area contributed by atoms with Gasteiger partial charge in [0.1, 0.15) is 0 Å². The topological polar surface area (TPSA) is 34.2 Å². The van der Waals surface area contributed by atoms with E-state index in [9.17, 15) is 0 Å². The Morgan fingerprint density at radius 3 is 2.71 bits per heavy atom. The molecule has 1 atom stereocenters. The third kappa shape index (κ3) is 4.36. The van der Waals surface area contributed by atoms with Crippen molar-refractivity contribution in [3.63, 3.8) is 0 Å². The van der Waals surface area contributed by atoms with Gasteiger partial charge in [0.25, 0.3) is 0 Å².